The standard InChI is InChI=1S/C16H24N2O2/c1-4-20-16-8-6-5-7-14(16)15(19)12-18-10-9-13(11-18)17(2)3/h5-8,13H,4,9-12H2,1-3H3. The fourth-order valence-electron chi connectivity index (χ4n) is 2.64. The average Bonchev–Trinajstić information content (AvgIpc) is 2.88. The molecule has 0 bridgehead atoms. The Morgan fingerprint density at radius 3 is 2.80 bits per heavy atom. The molecule has 0 aliphatic carbocycles. The molecule has 4 heteroatoms. The molecule has 110 valence electrons. The van der Waals surface area contributed by atoms with E-state index in [0.717, 1.165) is 19.5 Å². The van der Waals surface area contributed by atoms with Crippen LogP contribution in [0.2, 0.25) is 0 Å². The number of ketones is 1. The van der Waals surface area contributed by atoms with E-state index in [1.54, 1.807) is 0 Å². The summed E-state index contributed by atoms with van der Waals surface area (Å²) in [6.45, 7) is 4.95. The van der Waals surface area contributed by atoms with Crippen molar-refractivity contribution in [3.05, 3.63) is 29.8 Å². The number of likely N-dealkylation sites (tertiary alicyclic amines) is 1. The highest BCUT2D eigenvalue weighted by Gasteiger charge is 2.26. The Morgan fingerprint density at radius 1 is 1.40 bits per heavy atom. The van der Waals surface area contributed by atoms with Crippen LogP contribution in [0.3, 0.4) is 0 Å². The minimum atomic E-state index is 0.147. The topological polar surface area (TPSA) is 32.8 Å². The van der Waals surface area contributed by atoms with Crippen molar-refractivity contribution in [2.24, 2.45) is 0 Å². The van der Waals surface area contributed by atoms with Crippen LogP contribution in [0.1, 0.15) is 23.7 Å². The highest BCUT2D eigenvalue weighted by Crippen LogP contribution is 2.20. The van der Waals surface area contributed by atoms with Crippen molar-refractivity contribution in [1.29, 1.82) is 0 Å². The number of carbonyl (C=O) groups is 1. The van der Waals surface area contributed by atoms with Crippen molar-refractivity contribution in [3.63, 3.8) is 0 Å². The second kappa shape index (κ2) is 6.86. The first-order valence-electron chi connectivity index (χ1n) is 7.25. The summed E-state index contributed by atoms with van der Waals surface area (Å²) in [4.78, 5) is 16.9. The van der Waals surface area contributed by atoms with E-state index in [1.807, 2.05) is 31.2 Å². The van der Waals surface area contributed by atoms with Gasteiger partial charge in [-0.05, 0) is 39.6 Å². The lowest BCUT2D eigenvalue weighted by Gasteiger charge is -2.20. The summed E-state index contributed by atoms with van der Waals surface area (Å²) in [5, 5.41) is 0. The Kier molecular flexibility index (Phi) is 5.15. The molecular formula is C16H24N2O2. The second-order valence-electron chi connectivity index (χ2n) is 5.49. The summed E-state index contributed by atoms with van der Waals surface area (Å²) in [6, 6.07) is 8.07. The number of nitrogens with zero attached hydrogens (tertiary/aromatic N) is 2. The zero-order valence-corrected chi connectivity index (χ0v) is 12.6. The van der Waals surface area contributed by atoms with Crippen molar-refractivity contribution in [3.8, 4) is 5.75 Å². The molecule has 4 nitrogen and oxygen atoms in total. The predicted molar refractivity (Wildman–Crippen MR) is 80.5 cm³/mol. The maximum atomic E-state index is 12.4. The molecule has 1 heterocycles. The lowest BCUT2D eigenvalue weighted by molar-refractivity contribution is 0.0937. The molecule has 0 spiro atoms. The molecule has 1 aromatic rings. The molecule has 0 N–H and O–H groups in total. The number of rotatable bonds is 6. The quantitative estimate of drug-likeness (QED) is 0.743. The van der Waals surface area contributed by atoms with E-state index >= 15 is 0 Å². The van der Waals surface area contributed by atoms with E-state index in [4.69, 9.17) is 4.74 Å². The number of hydrogen-bond acceptors (Lipinski definition) is 4. The van der Waals surface area contributed by atoms with Gasteiger partial charge in [0.05, 0.1) is 18.7 Å². The van der Waals surface area contributed by atoms with E-state index in [1.165, 1.54) is 0 Å². The van der Waals surface area contributed by atoms with Crippen LogP contribution in [0.5, 0.6) is 5.75 Å². The van der Waals surface area contributed by atoms with Crippen molar-refractivity contribution in [2.75, 3.05) is 40.3 Å². The highest BCUT2D eigenvalue weighted by atomic mass is 16.5. The minimum Gasteiger partial charge on any atom is -0.493 e. The van der Waals surface area contributed by atoms with E-state index in [-0.39, 0.29) is 5.78 Å². The number of carbonyl (C=O) groups excluding carboxylic acids is 1. The number of ether oxygens (including phenoxy) is 1. The summed E-state index contributed by atoms with van der Waals surface area (Å²) in [7, 11) is 4.20. The largest absolute Gasteiger partial charge is 0.493 e. The van der Waals surface area contributed by atoms with Gasteiger partial charge in [0.25, 0.3) is 0 Å². The van der Waals surface area contributed by atoms with Gasteiger partial charge in [-0.2, -0.15) is 0 Å². The number of Topliss-reactive ketones (excluding diaryl/α,β-unsaturated/α-hetero) is 1. The van der Waals surface area contributed by atoms with Crippen LogP contribution < -0.4 is 4.74 Å². The summed E-state index contributed by atoms with van der Waals surface area (Å²) in [5.74, 6) is 0.844. The average molecular weight is 276 g/mol. The first-order chi connectivity index (χ1) is 9.61. The van der Waals surface area contributed by atoms with Crippen LogP contribution >= 0.6 is 0 Å². The molecule has 1 fully saturated rings. The van der Waals surface area contributed by atoms with Crippen molar-refractivity contribution in [2.45, 2.75) is 19.4 Å². The smallest absolute Gasteiger partial charge is 0.180 e. The minimum absolute atomic E-state index is 0.147. The molecule has 1 aliphatic heterocycles. The van der Waals surface area contributed by atoms with Crippen molar-refractivity contribution < 1.29 is 9.53 Å². The van der Waals surface area contributed by atoms with Crippen LogP contribution in [-0.2, 0) is 0 Å². The fourth-order valence-corrected chi connectivity index (χ4v) is 2.64. The molecule has 1 unspecified atom stereocenters. The zero-order chi connectivity index (χ0) is 14.5. The predicted octanol–water partition coefficient (Wildman–Crippen LogP) is 1.90. The number of para-hydroxylation sites is 1. The summed E-state index contributed by atoms with van der Waals surface area (Å²) in [6.07, 6.45) is 1.13. The fraction of sp³-hybridized carbons (Fsp3) is 0.562. The Balaban J connectivity index is 1.99. The Labute approximate surface area is 121 Å². The molecule has 1 aromatic carbocycles. The first kappa shape index (κ1) is 15.0. The monoisotopic (exact) mass is 276 g/mol. The third-order valence-corrected chi connectivity index (χ3v) is 3.83. The molecule has 0 radical (unpaired) electrons. The van der Waals surface area contributed by atoms with Crippen molar-refractivity contribution >= 4 is 5.78 Å². The van der Waals surface area contributed by atoms with Gasteiger partial charge in [0, 0.05) is 19.1 Å². The molecule has 1 aliphatic rings. The molecule has 0 aromatic heterocycles. The van der Waals surface area contributed by atoms with E-state index in [2.05, 4.69) is 23.9 Å². The maximum Gasteiger partial charge on any atom is 0.180 e. The number of likely N-dealkylation sites (N-methyl/N-ethyl adjacent to an activating group) is 1. The Hall–Kier alpha value is -1.39. The molecule has 1 saturated heterocycles. The van der Waals surface area contributed by atoms with Gasteiger partial charge >= 0.3 is 0 Å². The van der Waals surface area contributed by atoms with E-state index in [0.29, 0.717) is 30.5 Å². The van der Waals surface area contributed by atoms with E-state index in [9.17, 15) is 4.79 Å². The lowest BCUT2D eigenvalue weighted by atomic mass is 10.1. The van der Waals surface area contributed by atoms with Crippen LogP contribution in [0.15, 0.2) is 24.3 Å². The maximum absolute atomic E-state index is 12.4. The normalized spacial score (nSPS) is 19.5. The van der Waals surface area contributed by atoms with Gasteiger partial charge in [-0.1, -0.05) is 12.1 Å². The van der Waals surface area contributed by atoms with Gasteiger partial charge in [-0.25, -0.2) is 0 Å². The Morgan fingerprint density at radius 2 is 2.15 bits per heavy atom. The van der Waals surface area contributed by atoms with Crippen LogP contribution in [0.25, 0.3) is 0 Å². The number of hydrogen-bond donors (Lipinski definition) is 0. The summed E-state index contributed by atoms with van der Waals surface area (Å²) < 4.78 is 5.53. The SMILES string of the molecule is CCOc1ccccc1C(=O)CN1CCC(N(C)C)C1. The third-order valence-electron chi connectivity index (χ3n) is 3.83. The summed E-state index contributed by atoms with van der Waals surface area (Å²) >= 11 is 0. The summed E-state index contributed by atoms with van der Waals surface area (Å²) in [5.41, 5.74) is 0.697. The van der Waals surface area contributed by atoms with Gasteiger partial charge in [0.2, 0.25) is 0 Å². The zero-order valence-electron chi connectivity index (χ0n) is 12.6. The third kappa shape index (κ3) is 3.58. The first-order valence-corrected chi connectivity index (χ1v) is 7.25. The van der Waals surface area contributed by atoms with Gasteiger partial charge in [0.15, 0.2) is 5.78 Å². The van der Waals surface area contributed by atoms with Crippen molar-refractivity contribution in [1.82, 2.24) is 9.80 Å². The molecule has 20 heavy (non-hydrogen) atoms. The Bertz CT molecular complexity index is 460. The van der Waals surface area contributed by atoms with Crippen LogP contribution in [0, 0.1) is 0 Å². The highest BCUT2D eigenvalue weighted by molar-refractivity contribution is 6.00. The van der Waals surface area contributed by atoms with Gasteiger partial charge < -0.3 is 9.64 Å². The molecule has 2 rings (SSSR count). The molecule has 0 amide bonds. The molecule has 0 saturated carbocycles. The van der Waals surface area contributed by atoms with Gasteiger partial charge in [-0.15, -0.1) is 0 Å². The molecular weight excluding hydrogens is 252 g/mol. The lowest BCUT2D eigenvalue weighted by Crippen LogP contribution is -2.33. The van der Waals surface area contributed by atoms with Crippen LogP contribution in [-0.4, -0.2) is 62.0 Å². The molecule has 1 atom stereocenters. The number of benzene rings is 1. The van der Waals surface area contributed by atoms with E-state index < -0.39 is 0 Å². The van der Waals surface area contributed by atoms with Crippen LogP contribution in [0.4, 0.5) is 0 Å². The van der Waals surface area contributed by atoms with Gasteiger partial charge in [0.1, 0.15) is 5.75 Å². The second-order valence-corrected chi connectivity index (χ2v) is 5.49. The van der Waals surface area contributed by atoms with Gasteiger partial charge in [-0.3, -0.25) is 9.69 Å².